The molecular formula is C7H6N2O. The molecule has 3 nitrogen and oxygen atoms in total. The van der Waals surface area contributed by atoms with Crippen molar-refractivity contribution in [3.8, 4) is 0 Å². The number of amides is 2. The van der Waals surface area contributed by atoms with Gasteiger partial charge in [-0.05, 0) is 6.08 Å². The Morgan fingerprint density at radius 3 is 3.20 bits per heavy atom. The van der Waals surface area contributed by atoms with Crippen molar-refractivity contribution in [2.45, 2.75) is 6.04 Å². The fourth-order valence-corrected chi connectivity index (χ4v) is 1.04. The zero-order chi connectivity index (χ0) is 6.97. The molecule has 0 radical (unpaired) electrons. The van der Waals surface area contributed by atoms with Crippen LogP contribution in [0.15, 0.2) is 29.3 Å². The molecule has 0 saturated carbocycles. The van der Waals surface area contributed by atoms with Gasteiger partial charge in [0.2, 0.25) is 0 Å². The molecule has 0 aromatic carbocycles. The third-order valence-electron chi connectivity index (χ3n) is 1.51. The van der Waals surface area contributed by atoms with Crippen molar-refractivity contribution in [2.75, 3.05) is 0 Å². The zero-order valence-electron chi connectivity index (χ0n) is 5.24. The SMILES string of the molecule is O=C1N=C2C=CC=CC2N1. The van der Waals surface area contributed by atoms with Gasteiger partial charge in [-0.15, -0.1) is 0 Å². The van der Waals surface area contributed by atoms with Gasteiger partial charge >= 0.3 is 6.03 Å². The number of carbonyl (C=O) groups excluding carboxylic acids is 1. The van der Waals surface area contributed by atoms with E-state index in [0.29, 0.717) is 0 Å². The maximum Gasteiger partial charge on any atom is 0.342 e. The highest BCUT2D eigenvalue weighted by molar-refractivity contribution is 6.12. The minimum Gasteiger partial charge on any atom is -0.324 e. The Kier molecular flexibility index (Phi) is 0.974. The second-order valence-corrected chi connectivity index (χ2v) is 2.21. The first-order chi connectivity index (χ1) is 4.86. The fraction of sp³-hybridized carbons (Fsp3) is 0.143. The van der Waals surface area contributed by atoms with Gasteiger partial charge in [0, 0.05) is 0 Å². The maximum absolute atomic E-state index is 10.6. The van der Waals surface area contributed by atoms with Crippen molar-refractivity contribution in [1.29, 1.82) is 0 Å². The Balaban J connectivity index is 2.37. The molecule has 3 heteroatoms. The number of allylic oxidation sites excluding steroid dienone is 2. The first-order valence-electron chi connectivity index (χ1n) is 3.10. The number of hydrogen-bond acceptors (Lipinski definition) is 1. The van der Waals surface area contributed by atoms with Crippen molar-refractivity contribution in [2.24, 2.45) is 4.99 Å². The average Bonchev–Trinajstić information content (AvgIpc) is 2.27. The van der Waals surface area contributed by atoms with E-state index in [9.17, 15) is 4.79 Å². The zero-order valence-corrected chi connectivity index (χ0v) is 5.24. The van der Waals surface area contributed by atoms with Crippen LogP contribution in [0.25, 0.3) is 0 Å². The molecule has 1 aliphatic carbocycles. The quantitative estimate of drug-likeness (QED) is 0.519. The summed E-state index contributed by atoms with van der Waals surface area (Å²) < 4.78 is 0. The molecule has 1 N–H and O–H groups in total. The molecule has 1 aliphatic heterocycles. The summed E-state index contributed by atoms with van der Waals surface area (Å²) in [5.41, 5.74) is 0.813. The summed E-state index contributed by atoms with van der Waals surface area (Å²) in [5.74, 6) is 0. The van der Waals surface area contributed by atoms with E-state index in [1.165, 1.54) is 0 Å². The Hall–Kier alpha value is -1.38. The van der Waals surface area contributed by atoms with Gasteiger partial charge < -0.3 is 5.32 Å². The van der Waals surface area contributed by atoms with Crippen LogP contribution in [0.5, 0.6) is 0 Å². The molecule has 0 fully saturated rings. The summed E-state index contributed by atoms with van der Waals surface area (Å²) in [6.45, 7) is 0. The Morgan fingerprint density at radius 1 is 1.50 bits per heavy atom. The number of carbonyl (C=O) groups is 1. The number of nitrogens with zero attached hydrogens (tertiary/aromatic N) is 1. The number of rotatable bonds is 0. The predicted octanol–water partition coefficient (Wildman–Crippen LogP) is 0.645. The van der Waals surface area contributed by atoms with Crippen LogP contribution in [0.2, 0.25) is 0 Å². The monoisotopic (exact) mass is 134 g/mol. The van der Waals surface area contributed by atoms with Crippen LogP contribution in [0.1, 0.15) is 0 Å². The Labute approximate surface area is 58.1 Å². The van der Waals surface area contributed by atoms with E-state index in [1.54, 1.807) is 0 Å². The molecule has 0 spiro atoms. The van der Waals surface area contributed by atoms with Gasteiger partial charge in [-0.3, -0.25) is 0 Å². The molecule has 2 rings (SSSR count). The number of hydrogen-bond donors (Lipinski definition) is 1. The molecule has 10 heavy (non-hydrogen) atoms. The molecule has 0 aromatic rings. The van der Waals surface area contributed by atoms with Crippen LogP contribution in [0.3, 0.4) is 0 Å². The van der Waals surface area contributed by atoms with Crippen molar-refractivity contribution in [3.05, 3.63) is 24.3 Å². The highest BCUT2D eigenvalue weighted by atomic mass is 16.2. The van der Waals surface area contributed by atoms with Crippen molar-refractivity contribution < 1.29 is 4.79 Å². The Morgan fingerprint density at radius 2 is 2.40 bits per heavy atom. The van der Waals surface area contributed by atoms with Gasteiger partial charge in [0.25, 0.3) is 0 Å². The van der Waals surface area contributed by atoms with Crippen molar-refractivity contribution in [1.82, 2.24) is 5.32 Å². The summed E-state index contributed by atoms with van der Waals surface area (Å²) >= 11 is 0. The van der Waals surface area contributed by atoms with Crippen molar-refractivity contribution in [3.63, 3.8) is 0 Å². The first-order valence-corrected chi connectivity index (χ1v) is 3.10. The van der Waals surface area contributed by atoms with E-state index in [1.807, 2.05) is 24.3 Å². The van der Waals surface area contributed by atoms with E-state index in [0.717, 1.165) is 5.71 Å². The van der Waals surface area contributed by atoms with Crippen LogP contribution in [0, 0.1) is 0 Å². The second-order valence-electron chi connectivity index (χ2n) is 2.21. The lowest BCUT2D eigenvalue weighted by molar-refractivity contribution is 0.251. The minimum atomic E-state index is -0.240. The number of fused-ring (bicyclic) bond motifs is 1. The largest absolute Gasteiger partial charge is 0.342 e. The highest BCUT2D eigenvalue weighted by Gasteiger charge is 2.21. The van der Waals surface area contributed by atoms with Gasteiger partial charge in [-0.1, -0.05) is 18.2 Å². The summed E-state index contributed by atoms with van der Waals surface area (Å²) in [7, 11) is 0. The van der Waals surface area contributed by atoms with Crippen LogP contribution in [-0.2, 0) is 0 Å². The second kappa shape index (κ2) is 1.80. The molecule has 1 unspecified atom stereocenters. The number of urea groups is 1. The molecule has 0 bridgehead atoms. The molecule has 0 saturated heterocycles. The lowest BCUT2D eigenvalue weighted by atomic mass is 10.1. The summed E-state index contributed by atoms with van der Waals surface area (Å²) in [6.07, 6.45) is 7.51. The molecule has 1 heterocycles. The molecule has 0 aromatic heterocycles. The third kappa shape index (κ3) is 0.673. The van der Waals surface area contributed by atoms with Gasteiger partial charge in [-0.25, -0.2) is 4.79 Å². The van der Waals surface area contributed by atoms with Crippen LogP contribution in [0.4, 0.5) is 4.79 Å². The topological polar surface area (TPSA) is 41.5 Å². The third-order valence-corrected chi connectivity index (χ3v) is 1.51. The standard InChI is InChI=1S/C7H6N2O/c10-7-8-5-3-1-2-4-6(5)9-7/h1-5H,(H,8,10). The lowest BCUT2D eigenvalue weighted by Gasteiger charge is -2.06. The number of aliphatic imine (C=N–C) groups is 1. The molecule has 50 valence electrons. The minimum absolute atomic E-state index is 0.0255. The predicted molar refractivity (Wildman–Crippen MR) is 38.0 cm³/mol. The Bertz CT molecular complexity index is 263. The van der Waals surface area contributed by atoms with Crippen LogP contribution < -0.4 is 5.32 Å². The van der Waals surface area contributed by atoms with Gasteiger partial charge in [0.15, 0.2) is 0 Å². The normalized spacial score (nSPS) is 27.8. The summed E-state index contributed by atoms with van der Waals surface area (Å²) in [4.78, 5) is 14.4. The van der Waals surface area contributed by atoms with E-state index >= 15 is 0 Å². The van der Waals surface area contributed by atoms with E-state index in [2.05, 4.69) is 10.3 Å². The first kappa shape index (κ1) is 5.41. The molecule has 1 atom stereocenters. The van der Waals surface area contributed by atoms with Gasteiger partial charge in [0.05, 0.1) is 11.8 Å². The summed E-state index contributed by atoms with van der Waals surface area (Å²) in [5, 5.41) is 2.68. The van der Waals surface area contributed by atoms with E-state index in [4.69, 9.17) is 0 Å². The van der Waals surface area contributed by atoms with Gasteiger partial charge in [-0.2, -0.15) is 4.99 Å². The highest BCUT2D eigenvalue weighted by Crippen LogP contribution is 2.06. The van der Waals surface area contributed by atoms with Crippen LogP contribution >= 0.6 is 0 Å². The smallest absolute Gasteiger partial charge is 0.324 e. The van der Waals surface area contributed by atoms with E-state index in [-0.39, 0.29) is 12.1 Å². The van der Waals surface area contributed by atoms with Gasteiger partial charge in [0.1, 0.15) is 0 Å². The molecule has 2 amide bonds. The maximum atomic E-state index is 10.6. The summed E-state index contributed by atoms with van der Waals surface area (Å²) in [6, 6.07) is -0.214. The average molecular weight is 134 g/mol. The fourth-order valence-electron chi connectivity index (χ4n) is 1.04. The van der Waals surface area contributed by atoms with Crippen LogP contribution in [-0.4, -0.2) is 17.8 Å². The van der Waals surface area contributed by atoms with Crippen molar-refractivity contribution >= 4 is 11.7 Å². The molecule has 2 aliphatic rings. The molecular weight excluding hydrogens is 128 g/mol. The lowest BCUT2D eigenvalue weighted by Crippen LogP contribution is -2.29. The number of nitrogens with one attached hydrogen (secondary N) is 1. The van der Waals surface area contributed by atoms with E-state index < -0.39 is 0 Å².